The molecule has 20 heavy (non-hydrogen) atoms. The molecule has 6 nitrogen and oxygen atoms in total. The van der Waals surface area contributed by atoms with E-state index in [2.05, 4.69) is 17.2 Å². The van der Waals surface area contributed by atoms with Gasteiger partial charge in [0.15, 0.2) is 5.69 Å². The highest BCUT2D eigenvalue weighted by atomic mass is 16.5. The Hall–Kier alpha value is -1.56. The van der Waals surface area contributed by atoms with E-state index in [1.807, 2.05) is 0 Å². The van der Waals surface area contributed by atoms with E-state index < -0.39 is 5.97 Å². The number of nitrogens with two attached hydrogens (primary N) is 1. The molecule has 1 saturated carbocycles. The van der Waals surface area contributed by atoms with Gasteiger partial charge in [-0.05, 0) is 25.7 Å². The number of esters is 1. The van der Waals surface area contributed by atoms with Gasteiger partial charge < -0.3 is 20.2 Å². The Labute approximate surface area is 119 Å². The van der Waals surface area contributed by atoms with Crippen LogP contribution in [0.4, 0.5) is 6.01 Å². The van der Waals surface area contributed by atoms with Gasteiger partial charge in [-0.2, -0.15) is 4.98 Å². The zero-order chi connectivity index (χ0) is 14.6. The fourth-order valence-corrected chi connectivity index (χ4v) is 2.80. The number of nitrogens with one attached hydrogen (secondary N) is 1. The molecule has 1 aliphatic carbocycles. The molecule has 2 atom stereocenters. The predicted molar refractivity (Wildman–Crippen MR) is 75.5 cm³/mol. The van der Waals surface area contributed by atoms with Gasteiger partial charge in [-0.1, -0.05) is 19.8 Å². The summed E-state index contributed by atoms with van der Waals surface area (Å²) in [5.41, 5.74) is 5.95. The van der Waals surface area contributed by atoms with Crippen molar-refractivity contribution in [3.05, 3.63) is 12.0 Å². The molecule has 0 radical (unpaired) electrons. The third-order valence-electron chi connectivity index (χ3n) is 4.16. The van der Waals surface area contributed by atoms with Crippen molar-refractivity contribution in [2.75, 3.05) is 18.5 Å². The molecule has 0 bridgehead atoms. The summed E-state index contributed by atoms with van der Waals surface area (Å²) < 4.78 is 10.2. The van der Waals surface area contributed by atoms with E-state index in [1.54, 1.807) is 6.92 Å². The molecule has 2 unspecified atom stereocenters. The maximum absolute atomic E-state index is 11.6. The molecular formula is C14H23N3O3. The van der Waals surface area contributed by atoms with E-state index in [0.717, 1.165) is 19.3 Å². The Morgan fingerprint density at radius 1 is 1.65 bits per heavy atom. The van der Waals surface area contributed by atoms with Crippen LogP contribution < -0.4 is 11.1 Å². The average Bonchev–Trinajstić information content (AvgIpc) is 2.90. The molecule has 3 N–H and O–H groups in total. The number of oxazole rings is 1. The number of ether oxygens (including phenoxy) is 1. The summed E-state index contributed by atoms with van der Waals surface area (Å²) in [6, 6.07) is 0.340. The first-order valence-corrected chi connectivity index (χ1v) is 7.22. The van der Waals surface area contributed by atoms with Crippen LogP contribution in [0.3, 0.4) is 0 Å². The van der Waals surface area contributed by atoms with Gasteiger partial charge in [-0.15, -0.1) is 0 Å². The molecule has 1 fully saturated rings. The number of carbonyl (C=O) groups excluding carboxylic acids is 1. The van der Waals surface area contributed by atoms with Crippen LogP contribution in [0.2, 0.25) is 0 Å². The predicted octanol–water partition coefficient (Wildman–Crippen LogP) is 2.17. The number of nitrogens with zero attached hydrogens (tertiary/aromatic N) is 1. The maximum atomic E-state index is 11.6. The molecule has 6 heteroatoms. The van der Waals surface area contributed by atoms with Gasteiger partial charge in [0.05, 0.1) is 12.1 Å². The number of anilines is 1. The number of carbonyl (C=O) groups is 1. The van der Waals surface area contributed by atoms with Gasteiger partial charge in [0.25, 0.3) is 6.01 Å². The van der Waals surface area contributed by atoms with Gasteiger partial charge in [0.1, 0.15) is 6.26 Å². The molecule has 1 aliphatic rings. The maximum Gasteiger partial charge on any atom is 0.360 e. The Kier molecular flexibility index (Phi) is 4.65. The number of aromatic nitrogens is 1. The quantitative estimate of drug-likeness (QED) is 0.804. The van der Waals surface area contributed by atoms with E-state index in [0.29, 0.717) is 25.1 Å². The van der Waals surface area contributed by atoms with E-state index in [-0.39, 0.29) is 11.2 Å². The first-order chi connectivity index (χ1) is 9.61. The van der Waals surface area contributed by atoms with Gasteiger partial charge in [-0.3, -0.25) is 0 Å². The lowest BCUT2D eigenvalue weighted by Gasteiger charge is -2.42. The molecule has 2 rings (SSSR count). The van der Waals surface area contributed by atoms with Crippen molar-refractivity contribution in [3.8, 4) is 0 Å². The lowest BCUT2D eigenvalue weighted by atomic mass is 9.73. The van der Waals surface area contributed by atoms with Crippen molar-refractivity contribution < 1.29 is 13.9 Å². The molecule has 112 valence electrons. The van der Waals surface area contributed by atoms with Crippen LogP contribution in [-0.4, -0.2) is 29.6 Å². The topological polar surface area (TPSA) is 90.4 Å². The first-order valence-electron chi connectivity index (χ1n) is 7.22. The summed E-state index contributed by atoms with van der Waals surface area (Å²) in [6.45, 7) is 4.78. The Morgan fingerprint density at radius 3 is 3.10 bits per heavy atom. The second-order valence-electron chi connectivity index (χ2n) is 5.39. The SMILES string of the molecule is CCOC(=O)c1coc(NC2(CN)CCCCC2C)n1. The fourth-order valence-electron chi connectivity index (χ4n) is 2.80. The largest absolute Gasteiger partial charge is 0.461 e. The Balaban J connectivity index is 2.10. The lowest BCUT2D eigenvalue weighted by Crippen LogP contribution is -2.52. The minimum absolute atomic E-state index is 0.185. The van der Waals surface area contributed by atoms with Crippen molar-refractivity contribution in [2.24, 2.45) is 11.7 Å². The summed E-state index contributed by atoms with van der Waals surface area (Å²) in [5.74, 6) is -0.0259. The zero-order valence-electron chi connectivity index (χ0n) is 12.1. The third kappa shape index (κ3) is 2.95. The van der Waals surface area contributed by atoms with Crippen LogP contribution in [0, 0.1) is 5.92 Å². The van der Waals surface area contributed by atoms with Crippen molar-refractivity contribution >= 4 is 12.0 Å². The summed E-state index contributed by atoms with van der Waals surface area (Å²) in [5, 5.41) is 3.30. The van der Waals surface area contributed by atoms with Crippen molar-refractivity contribution in [3.63, 3.8) is 0 Å². The first kappa shape index (κ1) is 14.8. The van der Waals surface area contributed by atoms with Crippen LogP contribution >= 0.6 is 0 Å². The number of hydrogen-bond donors (Lipinski definition) is 2. The van der Waals surface area contributed by atoms with Crippen LogP contribution in [0.1, 0.15) is 50.0 Å². The highest BCUT2D eigenvalue weighted by molar-refractivity contribution is 5.87. The standard InChI is InChI=1S/C14H23N3O3/c1-3-19-12(18)11-8-20-13(16-11)17-14(9-15)7-5-4-6-10(14)2/h8,10H,3-7,9,15H2,1-2H3,(H,16,17). The van der Waals surface area contributed by atoms with Gasteiger partial charge in [0, 0.05) is 6.54 Å². The second-order valence-corrected chi connectivity index (χ2v) is 5.39. The minimum atomic E-state index is -0.470. The average molecular weight is 281 g/mol. The van der Waals surface area contributed by atoms with E-state index >= 15 is 0 Å². The Bertz CT molecular complexity index is 460. The van der Waals surface area contributed by atoms with Gasteiger partial charge in [0.2, 0.25) is 0 Å². The van der Waals surface area contributed by atoms with Crippen LogP contribution in [0.15, 0.2) is 10.7 Å². The second kappa shape index (κ2) is 6.26. The molecule has 1 aromatic heterocycles. The van der Waals surface area contributed by atoms with Gasteiger partial charge >= 0.3 is 5.97 Å². The lowest BCUT2D eigenvalue weighted by molar-refractivity contribution is 0.0519. The molecule has 0 aromatic carbocycles. The zero-order valence-corrected chi connectivity index (χ0v) is 12.1. The molecule has 0 saturated heterocycles. The summed E-state index contributed by atoms with van der Waals surface area (Å²) >= 11 is 0. The molecule has 1 heterocycles. The van der Waals surface area contributed by atoms with Crippen molar-refractivity contribution in [1.29, 1.82) is 0 Å². The fraction of sp³-hybridized carbons (Fsp3) is 0.714. The van der Waals surface area contributed by atoms with Gasteiger partial charge in [-0.25, -0.2) is 4.79 Å². The van der Waals surface area contributed by atoms with Crippen LogP contribution in [-0.2, 0) is 4.74 Å². The summed E-state index contributed by atoms with van der Waals surface area (Å²) in [6.07, 6.45) is 5.81. The van der Waals surface area contributed by atoms with E-state index in [1.165, 1.54) is 12.7 Å². The smallest absolute Gasteiger partial charge is 0.360 e. The summed E-state index contributed by atoms with van der Waals surface area (Å²) in [7, 11) is 0. The van der Waals surface area contributed by atoms with Crippen LogP contribution in [0.25, 0.3) is 0 Å². The third-order valence-corrected chi connectivity index (χ3v) is 4.16. The summed E-state index contributed by atoms with van der Waals surface area (Å²) in [4.78, 5) is 15.7. The number of hydrogen-bond acceptors (Lipinski definition) is 6. The highest BCUT2D eigenvalue weighted by Crippen LogP contribution is 2.35. The van der Waals surface area contributed by atoms with E-state index in [4.69, 9.17) is 14.9 Å². The van der Waals surface area contributed by atoms with E-state index in [9.17, 15) is 4.79 Å². The highest BCUT2D eigenvalue weighted by Gasteiger charge is 2.38. The Morgan fingerprint density at radius 2 is 2.45 bits per heavy atom. The molecular weight excluding hydrogens is 258 g/mol. The van der Waals surface area contributed by atoms with Crippen LogP contribution in [0.5, 0.6) is 0 Å². The van der Waals surface area contributed by atoms with Crippen molar-refractivity contribution in [2.45, 2.75) is 45.1 Å². The molecule has 0 aliphatic heterocycles. The number of rotatable bonds is 5. The monoisotopic (exact) mass is 281 g/mol. The molecule has 1 aromatic rings. The normalized spacial score (nSPS) is 26.2. The minimum Gasteiger partial charge on any atom is -0.461 e. The molecule has 0 spiro atoms. The van der Waals surface area contributed by atoms with Crippen molar-refractivity contribution in [1.82, 2.24) is 4.98 Å². The molecule has 0 amide bonds.